The Balaban J connectivity index is 2.00. The van der Waals surface area contributed by atoms with Crippen LogP contribution in [0.4, 0.5) is 5.69 Å². The van der Waals surface area contributed by atoms with Gasteiger partial charge in [-0.2, -0.15) is 0 Å². The number of carbonyl (C=O) groups is 1. The number of benzene rings is 2. The first-order chi connectivity index (χ1) is 11.6. The van der Waals surface area contributed by atoms with Gasteiger partial charge in [-0.3, -0.25) is 4.98 Å². The molecule has 24 heavy (non-hydrogen) atoms. The second-order valence-electron chi connectivity index (χ2n) is 5.88. The summed E-state index contributed by atoms with van der Waals surface area (Å²) in [5.74, 6) is -0.225. The van der Waals surface area contributed by atoms with E-state index in [0.717, 1.165) is 32.9 Å². The van der Waals surface area contributed by atoms with Crippen LogP contribution in [0.15, 0.2) is 65.3 Å². The summed E-state index contributed by atoms with van der Waals surface area (Å²) in [6.07, 6.45) is 2.83. The van der Waals surface area contributed by atoms with Gasteiger partial charge in [0, 0.05) is 34.8 Å². The van der Waals surface area contributed by atoms with Gasteiger partial charge in [0.15, 0.2) is 0 Å². The van der Waals surface area contributed by atoms with Crippen molar-refractivity contribution in [3.63, 3.8) is 0 Å². The fourth-order valence-electron chi connectivity index (χ4n) is 3.05. The summed E-state index contributed by atoms with van der Waals surface area (Å²) >= 11 is 3.56. The number of fused-ring (bicyclic) bond motifs is 1. The average molecular weight is 383 g/mol. The van der Waals surface area contributed by atoms with E-state index in [1.54, 1.807) is 6.20 Å². The third kappa shape index (κ3) is 3.06. The summed E-state index contributed by atoms with van der Waals surface area (Å²) < 4.78 is 0.960. The molecule has 3 nitrogen and oxygen atoms in total. The highest BCUT2D eigenvalue weighted by Gasteiger charge is 2.25. The van der Waals surface area contributed by atoms with Crippen molar-refractivity contribution in [3.8, 4) is 0 Å². The number of aldehydes is 1. The second kappa shape index (κ2) is 7.14. The largest absolute Gasteiger partial charge is 0.370 e. The van der Waals surface area contributed by atoms with E-state index in [-0.39, 0.29) is 12.0 Å². The molecule has 0 N–H and O–H groups in total. The molecule has 3 rings (SSSR count). The average Bonchev–Trinajstić information content (AvgIpc) is 2.62. The van der Waals surface area contributed by atoms with Gasteiger partial charge in [0.25, 0.3) is 0 Å². The van der Waals surface area contributed by atoms with E-state index in [2.05, 4.69) is 44.9 Å². The summed E-state index contributed by atoms with van der Waals surface area (Å²) in [6.45, 7) is 2.08. The second-order valence-corrected chi connectivity index (χ2v) is 6.74. The monoisotopic (exact) mass is 382 g/mol. The molecular formula is C20H19BrN2O. The third-order valence-electron chi connectivity index (χ3n) is 4.54. The number of pyridine rings is 1. The molecule has 0 aliphatic rings. The highest BCUT2D eigenvalue weighted by molar-refractivity contribution is 9.10. The number of halogens is 1. The van der Waals surface area contributed by atoms with Gasteiger partial charge in [0.05, 0.1) is 11.4 Å². The molecule has 0 aliphatic heterocycles. The predicted molar refractivity (Wildman–Crippen MR) is 103 cm³/mol. The minimum absolute atomic E-state index is 0.00649. The Labute approximate surface area is 150 Å². The van der Waals surface area contributed by atoms with Gasteiger partial charge in [-0.25, -0.2) is 0 Å². The standard InChI is InChI=1S/C20H19BrN2O/c1-14(17(13-24)15-7-3-4-9-18(15)21)23(2)20-11-5-10-19-16(20)8-6-12-22-19/h3-14,17H,1-2H3. The van der Waals surface area contributed by atoms with Gasteiger partial charge in [0.2, 0.25) is 0 Å². The van der Waals surface area contributed by atoms with Crippen molar-refractivity contribution in [3.05, 3.63) is 70.8 Å². The summed E-state index contributed by atoms with van der Waals surface area (Å²) in [5, 5.41) is 1.09. The minimum atomic E-state index is -0.225. The van der Waals surface area contributed by atoms with Crippen molar-refractivity contribution < 1.29 is 4.79 Å². The molecule has 4 heteroatoms. The minimum Gasteiger partial charge on any atom is -0.370 e. The van der Waals surface area contributed by atoms with Crippen LogP contribution in [0.2, 0.25) is 0 Å². The van der Waals surface area contributed by atoms with E-state index in [1.807, 2.05) is 49.5 Å². The zero-order valence-corrected chi connectivity index (χ0v) is 15.3. The van der Waals surface area contributed by atoms with Gasteiger partial charge in [-0.15, -0.1) is 0 Å². The molecule has 2 unspecified atom stereocenters. The molecule has 0 radical (unpaired) electrons. The van der Waals surface area contributed by atoms with Crippen LogP contribution in [0, 0.1) is 0 Å². The number of nitrogens with zero attached hydrogens (tertiary/aromatic N) is 2. The Morgan fingerprint density at radius 1 is 1.08 bits per heavy atom. The van der Waals surface area contributed by atoms with Crippen LogP contribution in [0.3, 0.4) is 0 Å². The van der Waals surface area contributed by atoms with E-state index in [1.165, 1.54) is 0 Å². The lowest BCUT2D eigenvalue weighted by Gasteiger charge is -2.32. The molecule has 0 spiro atoms. The number of hydrogen-bond acceptors (Lipinski definition) is 3. The predicted octanol–water partition coefficient (Wildman–Crippen LogP) is 4.80. The van der Waals surface area contributed by atoms with Crippen molar-refractivity contribution in [1.82, 2.24) is 4.98 Å². The molecule has 122 valence electrons. The number of hydrogen-bond donors (Lipinski definition) is 0. The van der Waals surface area contributed by atoms with Crippen LogP contribution in [0.5, 0.6) is 0 Å². The number of anilines is 1. The van der Waals surface area contributed by atoms with Crippen LogP contribution < -0.4 is 4.90 Å². The molecule has 0 saturated heterocycles. The Kier molecular flexibility index (Phi) is 4.95. The SMILES string of the molecule is CC(C(C=O)c1ccccc1Br)N(C)c1cccc2ncccc12. The van der Waals surface area contributed by atoms with Crippen LogP contribution in [0.25, 0.3) is 10.9 Å². The summed E-state index contributed by atoms with van der Waals surface area (Å²) in [5.41, 5.74) is 3.04. The quantitative estimate of drug-likeness (QED) is 0.593. The van der Waals surface area contributed by atoms with E-state index in [0.29, 0.717) is 0 Å². The molecule has 0 bridgehead atoms. The van der Waals surface area contributed by atoms with Crippen molar-refractivity contribution in [1.29, 1.82) is 0 Å². The molecule has 0 saturated carbocycles. The molecule has 2 atom stereocenters. The maximum Gasteiger partial charge on any atom is 0.129 e. The molecule has 0 fully saturated rings. The first kappa shape index (κ1) is 16.7. The summed E-state index contributed by atoms with van der Waals surface area (Å²) in [4.78, 5) is 18.4. The van der Waals surface area contributed by atoms with Crippen LogP contribution >= 0.6 is 15.9 Å². The Hall–Kier alpha value is -2.20. The van der Waals surface area contributed by atoms with Gasteiger partial charge in [0.1, 0.15) is 6.29 Å². The maximum atomic E-state index is 11.8. The topological polar surface area (TPSA) is 33.2 Å². The zero-order valence-electron chi connectivity index (χ0n) is 13.7. The fourth-order valence-corrected chi connectivity index (χ4v) is 3.60. The number of rotatable bonds is 5. The van der Waals surface area contributed by atoms with Crippen molar-refractivity contribution in [2.24, 2.45) is 0 Å². The number of aromatic nitrogens is 1. The van der Waals surface area contributed by atoms with Gasteiger partial charge >= 0.3 is 0 Å². The third-order valence-corrected chi connectivity index (χ3v) is 5.27. The van der Waals surface area contributed by atoms with Crippen LogP contribution in [0.1, 0.15) is 18.4 Å². The Bertz CT molecular complexity index is 860. The van der Waals surface area contributed by atoms with Gasteiger partial charge in [-0.1, -0.05) is 40.2 Å². The molecule has 0 amide bonds. The number of likely N-dealkylation sites (N-methyl/N-ethyl adjacent to an activating group) is 1. The lowest BCUT2D eigenvalue weighted by molar-refractivity contribution is -0.109. The van der Waals surface area contributed by atoms with Crippen LogP contribution in [-0.2, 0) is 4.79 Å². The first-order valence-electron chi connectivity index (χ1n) is 7.89. The normalized spacial score (nSPS) is 13.5. The van der Waals surface area contributed by atoms with E-state index in [4.69, 9.17) is 0 Å². The Morgan fingerprint density at radius 2 is 1.88 bits per heavy atom. The van der Waals surface area contributed by atoms with Crippen molar-refractivity contribution in [2.45, 2.75) is 18.9 Å². The highest BCUT2D eigenvalue weighted by atomic mass is 79.9. The first-order valence-corrected chi connectivity index (χ1v) is 8.69. The molecule has 1 heterocycles. The van der Waals surface area contributed by atoms with E-state index in [9.17, 15) is 4.79 Å². The molecule has 0 aliphatic carbocycles. The van der Waals surface area contributed by atoms with Crippen molar-refractivity contribution in [2.75, 3.05) is 11.9 Å². The molecule has 2 aromatic carbocycles. The fraction of sp³-hybridized carbons (Fsp3) is 0.200. The lowest BCUT2D eigenvalue weighted by atomic mass is 9.92. The molecule has 1 aromatic heterocycles. The maximum absolute atomic E-state index is 11.8. The van der Waals surface area contributed by atoms with E-state index < -0.39 is 0 Å². The summed E-state index contributed by atoms with van der Waals surface area (Å²) in [7, 11) is 2.03. The smallest absolute Gasteiger partial charge is 0.129 e. The lowest BCUT2D eigenvalue weighted by Crippen LogP contribution is -2.35. The summed E-state index contributed by atoms with van der Waals surface area (Å²) in [6, 6.07) is 18.0. The number of carbonyl (C=O) groups excluding carboxylic acids is 1. The molecule has 3 aromatic rings. The highest BCUT2D eigenvalue weighted by Crippen LogP contribution is 2.32. The zero-order chi connectivity index (χ0) is 17.1. The Morgan fingerprint density at radius 3 is 2.62 bits per heavy atom. The van der Waals surface area contributed by atoms with Gasteiger partial charge in [-0.05, 0) is 42.8 Å². The van der Waals surface area contributed by atoms with Gasteiger partial charge < -0.3 is 9.69 Å². The van der Waals surface area contributed by atoms with E-state index >= 15 is 0 Å². The molecular weight excluding hydrogens is 364 g/mol. The van der Waals surface area contributed by atoms with Crippen LogP contribution in [-0.4, -0.2) is 24.4 Å². The van der Waals surface area contributed by atoms with Crippen molar-refractivity contribution >= 4 is 38.8 Å².